The molecule has 2 bridgehead atoms. The molecule has 168 valence electrons. The van der Waals surface area contributed by atoms with Crippen molar-refractivity contribution in [3.8, 4) is 0 Å². The highest BCUT2D eigenvalue weighted by molar-refractivity contribution is 6.06. The lowest BCUT2D eigenvalue weighted by atomic mass is 9.83. The van der Waals surface area contributed by atoms with Crippen molar-refractivity contribution in [3.05, 3.63) is 69.4 Å². The summed E-state index contributed by atoms with van der Waals surface area (Å²) in [4.78, 5) is 28.1. The topological polar surface area (TPSA) is 104 Å². The molecular weight excluding hydrogens is 412 g/mol. The fourth-order valence-electron chi connectivity index (χ4n) is 5.24. The first-order chi connectivity index (χ1) is 15.5. The van der Waals surface area contributed by atoms with Crippen LogP contribution in [0.1, 0.15) is 28.4 Å². The number of hydrogen-bond donors (Lipinski definition) is 2. The van der Waals surface area contributed by atoms with Crippen molar-refractivity contribution in [1.29, 1.82) is 0 Å². The molecule has 1 fully saturated rings. The quantitative estimate of drug-likeness (QED) is 0.581. The second kappa shape index (κ2) is 8.18. The molecule has 9 nitrogen and oxygen atoms in total. The van der Waals surface area contributed by atoms with Gasteiger partial charge in [-0.05, 0) is 36.6 Å². The molecule has 2 aliphatic heterocycles. The minimum Gasteiger partial charge on any atom is -0.595 e. The van der Waals surface area contributed by atoms with Crippen LogP contribution >= 0.6 is 0 Å². The lowest BCUT2D eigenvalue weighted by molar-refractivity contribution is -0.992. The second-order valence-electron chi connectivity index (χ2n) is 8.64. The molecule has 0 radical (unpaired) electrons. The first-order valence-corrected chi connectivity index (χ1v) is 10.8. The summed E-state index contributed by atoms with van der Waals surface area (Å²) in [6, 6.07) is 10.9. The lowest BCUT2D eigenvalue weighted by Gasteiger charge is -2.43. The maximum Gasteiger partial charge on any atom is 0.315 e. The molecule has 1 amide bonds. The highest BCUT2D eigenvalue weighted by Gasteiger charge is 2.37. The number of nitrogens with zero attached hydrogens (tertiary/aromatic N) is 3. The number of quaternary nitrogens is 1. The van der Waals surface area contributed by atoms with Crippen molar-refractivity contribution >= 4 is 22.5 Å². The predicted molar refractivity (Wildman–Crippen MR) is 117 cm³/mol. The standard InChI is InChI=1S/C23H26N4O5/c1-32-10-9-24-8-7-17-18(3-2-4-20(17)24)22(28)25-12-15-11-16(14-25)19-5-6-21(27(30)31)23(29)26(19)13-15/h2-8,15-16,27,30H,9-14H2,1H3/t15-,16?/m0/s1. The number of fused-ring (bicyclic) bond motifs is 5. The summed E-state index contributed by atoms with van der Waals surface area (Å²) in [5, 5.41) is 20.3. The second-order valence-corrected chi connectivity index (χ2v) is 8.64. The van der Waals surface area contributed by atoms with E-state index in [0.29, 0.717) is 31.8 Å². The average molecular weight is 438 g/mol. The monoisotopic (exact) mass is 438 g/mol. The van der Waals surface area contributed by atoms with E-state index in [1.54, 1.807) is 17.7 Å². The first-order valence-electron chi connectivity index (χ1n) is 10.8. The summed E-state index contributed by atoms with van der Waals surface area (Å²) >= 11 is 0. The maximum absolute atomic E-state index is 13.5. The highest BCUT2D eigenvalue weighted by atomic mass is 16.8. The molecule has 2 N–H and O–H groups in total. The molecule has 32 heavy (non-hydrogen) atoms. The van der Waals surface area contributed by atoms with Gasteiger partial charge in [0.25, 0.3) is 5.91 Å². The molecule has 2 aromatic heterocycles. The maximum atomic E-state index is 13.5. The van der Waals surface area contributed by atoms with Gasteiger partial charge in [-0.2, -0.15) is 5.23 Å². The highest BCUT2D eigenvalue weighted by Crippen LogP contribution is 2.36. The van der Waals surface area contributed by atoms with Crippen molar-refractivity contribution in [2.45, 2.75) is 25.4 Å². The Labute approximate surface area is 184 Å². The van der Waals surface area contributed by atoms with Crippen LogP contribution in [0.2, 0.25) is 0 Å². The van der Waals surface area contributed by atoms with E-state index < -0.39 is 10.8 Å². The number of ether oxygens (including phenoxy) is 1. The van der Waals surface area contributed by atoms with Gasteiger partial charge in [0.1, 0.15) is 0 Å². The van der Waals surface area contributed by atoms with Gasteiger partial charge < -0.3 is 24.0 Å². The van der Waals surface area contributed by atoms with Gasteiger partial charge in [0.2, 0.25) is 5.69 Å². The lowest BCUT2D eigenvalue weighted by Crippen LogP contribution is -3.00. The number of benzene rings is 1. The third-order valence-electron chi connectivity index (χ3n) is 6.70. The van der Waals surface area contributed by atoms with Crippen LogP contribution in [0.3, 0.4) is 0 Å². The van der Waals surface area contributed by atoms with E-state index >= 15 is 0 Å². The summed E-state index contributed by atoms with van der Waals surface area (Å²) in [5.41, 5.74) is 1.84. The fraction of sp³-hybridized carbons (Fsp3) is 0.391. The van der Waals surface area contributed by atoms with Crippen LogP contribution in [0.25, 0.3) is 10.9 Å². The van der Waals surface area contributed by atoms with Crippen molar-refractivity contribution < 1.29 is 20.0 Å². The molecule has 4 heterocycles. The Morgan fingerprint density at radius 1 is 1.22 bits per heavy atom. The van der Waals surface area contributed by atoms with E-state index in [9.17, 15) is 20.0 Å². The van der Waals surface area contributed by atoms with Gasteiger partial charge in [-0.1, -0.05) is 6.07 Å². The SMILES string of the molecule is COCCn1ccc2c(C(=O)N3CC4C[C@@H](C3)Cn3c4ccc([NH+]([O-])O)c3=O)cccc21. The van der Waals surface area contributed by atoms with Gasteiger partial charge in [0.05, 0.1) is 6.61 Å². The number of rotatable bonds is 5. The minimum atomic E-state index is -1.21. The van der Waals surface area contributed by atoms with Crippen molar-refractivity contribution in [1.82, 2.24) is 14.0 Å². The molecule has 0 aliphatic carbocycles. The van der Waals surface area contributed by atoms with Crippen molar-refractivity contribution in [3.63, 3.8) is 0 Å². The van der Waals surface area contributed by atoms with Gasteiger partial charge in [-0.15, -0.1) is 0 Å². The number of nitrogens with one attached hydrogen (secondary N) is 1. The van der Waals surface area contributed by atoms with Crippen molar-refractivity contribution in [2.24, 2.45) is 5.92 Å². The molecule has 0 saturated carbocycles. The zero-order valence-electron chi connectivity index (χ0n) is 17.9. The largest absolute Gasteiger partial charge is 0.595 e. The van der Waals surface area contributed by atoms with Gasteiger partial charge in [0.15, 0.2) is 0 Å². The number of amides is 1. The number of carbonyl (C=O) groups is 1. The molecule has 1 aromatic carbocycles. The molecule has 2 aliphatic rings. The number of piperidine rings is 1. The molecular formula is C23H26N4O5. The number of likely N-dealkylation sites (tertiary alicyclic amines) is 1. The van der Waals surface area contributed by atoms with E-state index in [4.69, 9.17) is 4.74 Å². The summed E-state index contributed by atoms with van der Waals surface area (Å²) in [5.74, 6) is 0.137. The van der Waals surface area contributed by atoms with E-state index in [0.717, 1.165) is 29.6 Å². The molecule has 3 atom stereocenters. The Bertz CT molecular complexity index is 1230. The number of hydrogen-bond acceptors (Lipinski definition) is 5. The fourth-order valence-corrected chi connectivity index (χ4v) is 5.24. The summed E-state index contributed by atoms with van der Waals surface area (Å²) in [6.45, 7) is 2.82. The minimum absolute atomic E-state index is 0.00672. The number of pyridine rings is 1. The molecule has 2 unspecified atom stereocenters. The van der Waals surface area contributed by atoms with Gasteiger partial charge in [-0.3, -0.25) is 9.59 Å². The Morgan fingerprint density at radius 3 is 2.84 bits per heavy atom. The Hall–Kier alpha value is -2.98. The van der Waals surface area contributed by atoms with Crippen LogP contribution < -0.4 is 10.8 Å². The Morgan fingerprint density at radius 2 is 2.06 bits per heavy atom. The van der Waals surface area contributed by atoms with Crippen LogP contribution in [0.15, 0.2) is 47.4 Å². The van der Waals surface area contributed by atoms with Crippen LogP contribution in [0, 0.1) is 11.1 Å². The third kappa shape index (κ3) is 3.43. The number of carbonyl (C=O) groups excluding carboxylic acids is 1. The third-order valence-corrected chi connectivity index (χ3v) is 6.70. The van der Waals surface area contributed by atoms with E-state index in [-0.39, 0.29) is 23.4 Å². The summed E-state index contributed by atoms with van der Waals surface area (Å²) in [7, 11) is 1.67. The van der Waals surface area contributed by atoms with E-state index in [2.05, 4.69) is 4.57 Å². The van der Waals surface area contributed by atoms with E-state index in [1.807, 2.05) is 35.4 Å². The molecule has 5 rings (SSSR count). The van der Waals surface area contributed by atoms with Crippen LogP contribution in [0.4, 0.5) is 5.69 Å². The van der Waals surface area contributed by atoms with E-state index in [1.165, 1.54) is 6.07 Å². The average Bonchev–Trinajstić information content (AvgIpc) is 3.20. The zero-order chi connectivity index (χ0) is 22.4. The van der Waals surface area contributed by atoms with Crippen LogP contribution in [0.5, 0.6) is 0 Å². The first kappa shape index (κ1) is 20.9. The molecule has 3 aromatic rings. The number of methoxy groups -OCH3 is 1. The van der Waals surface area contributed by atoms with Crippen LogP contribution in [-0.2, 0) is 17.8 Å². The summed E-state index contributed by atoms with van der Waals surface area (Å²) < 4.78 is 8.87. The summed E-state index contributed by atoms with van der Waals surface area (Å²) in [6.07, 6.45) is 2.88. The van der Waals surface area contributed by atoms with Gasteiger partial charge in [0, 0.05) is 73.6 Å². The molecule has 0 spiro atoms. The van der Waals surface area contributed by atoms with Gasteiger partial charge in [-0.25, -0.2) is 5.21 Å². The number of aromatic nitrogens is 2. The Kier molecular flexibility index (Phi) is 5.34. The Balaban J connectivity index is 1.44. The smallest absolute Gasteiger partial charge is 0.315 e. The van der Waals surface area contributed by atoms with Crippen LogP contribution in [-0.4, -0.2) is 52.0 Å². The predicted octanol–water partition coefficient (Wildman–Crippen LogP) is 1.11. The van der Waals surface area contributed by atoms with Crippen molar-refractivity contribution in [2.75, 3.05) is 26.8 Å². The van der Waals surface area contributed by atoms with Gasteiger partial charge >= 0.3 is 5.56 Å². The molecule has 9 heteroatoms. The zero-order valence-corrected chi connectivity index (χ0v) is 17.9. The normalized spacial score (nSPS) is 20.9. The molecule has 1 saturated heterocycles.